The van der Waals surface area contributed by atoms with Crippen molar-refractivity contribution in [2.45, 2.75) is 6.42 Å². The number of nitrogens with one attached hydrogen (secondary N) is 2. The van der Waals surface area contributed by atoms with Crippen molar-refractivity contribution in [3.05, 3.63) is 60.4 Å². The van der Waals surface area contributed by atoms with E-state index < -0.39 is 0 Å². The average molecular weight is 406 g/mol. The highest BCUT2D eigenvalue weighted by Crippen LogP contribution is 2.23. The van der Waals surface area contributed by atoms with Crippen molar-refractivity contribution in [2.75, 3.05) is 44.9 Å². The van der Waals surface area contributed by atoms with Crippen molar-refractivity contribution in [2.24, 2.45) is 0 Å². The predicted octanol–water partition coefficient (Wildman–Crippen LogP) is 3.43. The van der Waals surface area contributed by atoms with E-state index in [9.17, 15) is 4.79 Å². The largest absolute Gasteiger partial charge is 0.465 e. The van der Waals surface area contributed by atoms with Gasteiger partial charge in [0.15, 0.2) is 0 Å². The molecule has 1 aromatic carbocycles. The molecule has 0 saturated heterocycles. The molecule has 2 N–H and O–H groups in total. The summed E-state index contributed by atoms with van der Waals surface area (Å²) in [6.07, 6.45) is 4.45. The number of anilines is 3. The zero-order valence-corrected chi connectivity index (χ0v) is 17.4. The van der Waals surface area contributed by atoms with Gasteiger partial charge in [0.25, 0.3) is 0 Å². The Balaban J connectivity index is 1.81. The van der Waals surface area contributed by atoms with Gasteiger partial charge < -0.3 is 20.3 Å². The van der Waals surface area contributed by atoms with Crippen molar-refractivity contribution in [3.8, 4) is 11.3 Å². The smallest absolute Gasteiger partial charge is 0.337 e. The monoisotopic (exact) mass is 406 g/mol. The van der Waals surface area contributed by atoms with Crippen LogP contribution in [0.4, 0.5) is 17.5 Å². The quantitative estimate of drug-likeness (QED) is 0.412. The van der Waals surface area contributed by atoms with Gasteiger partial charge in [-0.15, -0.1) is 0 Å². The first kappa shape index (κ1) is 21.2. The first-order valence-corrected chi connectivity index (χ1v) is 9.68. The molecule has 0 radical (unpaired) electrons. The van der Waals surface area contributed by atoms with Crippen LogP contribution in [0.25, 0.3) is 11.3 Å². The summed E-state index contributed by atoms with van der Waals surface area (Å²) in [5.74, 6) is 0.835. The summed E-state index contributed by atoms with van der Waals surface area (Å²) in [5, 5.41) is 6.58. The molecule has 0 saturated carbocycles. The summed E-state index contributed by atoms with van der Waals surface area (Å²) in [7, 11) is 5.46. The molecule has 3 rings (SSSR count). The first-order chi connectivity index (χ1) is 14.5. The van der Waals surface area contributed by atoms with E-state index in [0.717, 1.165) is 36.5 Å². The lowest BCUT2D eigenvalue weighted by Crippen LogP contribution is -2.17. The maximum atomic E-state index is 11.6. The van der Waals surface area contributed by atoms with Gasteiger partial charge in [-0.25, -0.2) is 9.78 Å². The molecular formula is C22H26N6O2. The van der Waals surface area contributed by atoms with Crippen molar-refractivity contribution in [3.63, 3.8) is 0 Å². The molecule has 0 spiro atoms. The molecule has 0 unspecified atom stereocenters. The second-order valence-electron chi connectivity index (χ2n) is 6.98. The Morgan fingerprint density at radius 2 is 1.80 bits per heavy atom. The van der Waals surface area contributed by atoms with Crippen LogP contribution in [-0.4, -0.2) is 60.1 Å². The number of esters is 1. The summed E-state index contributed by atoms with van der Waals surface area (Å²) >= 11 is 0. The maximum absolute atomic E-state index is 11.6. The van der Waals surface area contributed by atoms with E-state index in [1.54, 1.807) is 24.5 Å². The van der Waals surface area contributed by atoms with Gasteiger partial charge in [0.05, 0.1) is 18.4 Å². The molecule has 0 bridgehead atoms. The Labute approximate surface area is 176 Å². The molecule has 0 fully saturated rings. The van der Waals surface area contributed by atoms with Crippen LogP contribution in [0.3, 0.4) is 0 Å². The Morgan fingerprint density at radius 1 is 1.07 bits per heavy atom. The summed E-state index contributed by atoms with van der Waals surface area (Å²) in [5.41, 5.74) is 3.04. The number of carbonyl (C=O) groups is 1. The fraction of sp³-hybridized carbons (Fsp3) is 0.273. The molecule has 0 aliphatic rings. The summed E-state index contributed by atoms with van der Waals surface area (Å²) in [6.45, 7) is 1.75. The number of benzene rings is 1. The van der Waals surface area contributed by atoms with Crippen molar-refractivity contribution < 1.29 is 9.53 Å². The van der Waals surface area contributed by atoms with Crippen LogP contribution in [-0.2, 0) is 4.74 Å². The van der Waals surface area contributed by atoms with Crippen LogP contribution in [0.2, 0.25) is 0 Å². The second kappa shape index (κ2) is 10.3. The topological polar surface area (TPSA) is 92.3 Å². The third kappa shape index (κ3) is 5.99. The molecule has 0 amide bonds. The average Bonchev–Trinajstić information content (AvgIpc) is 2.77. The Morgan fingerprint density at radius 3 is 2.47 bits per heavy atom. The van der Waals surface area contributed by atoms with E-state index >= 15 is 0 Å². The molecule has 8 nitrogen and oxygen atoms in total. The number of methoxy groups -OCH3 is 1. The minimum Gasteiger partial charge on any atom is -0.465 e. The summed E-state index contributed by atoms with van der Waals surface area (Å²) in [6, 6.07) is 12.7. The number of nitrogens with zero attached hydrogens (tertiary/aromatic N) is 4. The zero-order chi connectivity index (χ0) is 21.3. The van der Waals surface area contributed by atoms with Crippen LogP contribution in [0.1, 0.15) is 16.8 Å². The number of carbonyl (C=O) groups excluding carboxylic acids is 1. The first-order valence-electron chi connectivity index (χ1n) is 9.68. The Hall–Kier alpha value is -3.52. The molecule has 156 valence electrons. The maximum Gasteiger partial charge on any atom is 0.337 e. The van der Waals surface area contributed by atoms with Crippen molar-refractivity contribution >= 4 is 23.4 Å². The minimum atomic E-state index is -0.368. The number of aromatic nitrogens is 3. The van der Waals surface area contributed by atoms with E-state index in [4.69, 9.17) is 4.74 Å². The summed E-state index contributed by atoms with van der Waals surface area (Å²) < 4.78 is 4.74. The van der Waals surface area contributed by atoms with Gasteiger partial charge in [0.1, 0.15) is 5.82 Å². The van der Waals surface area contributed by atoms with Crippen LogP contribution < -0.4 is 10.6 Å². The van der Waals surface area contributed by atoms with Crippen molar-refractivity contribution in [1.29, 1.82) is 0 Å². The molecule has 2 heterocycles. The highest BCUT2D eigenvalue weighted by molar-refractivity contribution is 5.89. The van der Waals surface area contributed by atoms with Gasteiger partial charge >= 0.3 is 5.97 Å². The SMILES string of the molecule is COC(=O)c1ccc(Nc2cc(-c3ccncc3)nc(NCCCN(C)C)n2)cc1. The lowest BCUT2D eigenvalue weighted by Gasteiger charge is -2.13. The summed E-state index contributed by atoms with van der Waals surface area (Å²) in [4.78, 5) is 27.1. The van der Waals surface area contributed by atoms with Crippen LogP contribution in [0.5, 0.6) is 0 Å². The van der Waals surface area contributed by atoms with E-state index in [1.807, 2.05) is 44.4 Å². The molecule has 3 aromatic rings. The standard InChI is InChI=1S/C22H26N6O2/c1-28(2)14-4-11-24-22-26-19(16-9-12-23-13-10-16)15-20(27-22)25-18-7-5-17(6-8-18)21(29)30-3/h5-10,12-13,15H,4,11,14H2,1-3H3,(H2,24,25,26,27). The van der Waals surface area contributed by atoms with Crippen LogP contribution in [0.15, 0.2) is 54.9 Å². The lowest BCUT2D eigenvalue weighted by molar-refractivity contribution is 0.0601. The van der Waals surface area contributed by atoms with Gasteiger partial charge in [0, 0.05) is 36.3 Å². The number of hydrogen-bond donors (Lipinski definition) is 2. The number of rotatable bonds is 9. The fourth-order valence-electron chi connectivity index (χ4n) is 2.81. The highest BCUT2D eigenvalue weighted by atomic mass is 16.5. The van der Waals surface area contributed by atoms with Gasteiger partial charge in [-0.05, 0) is 63.5 Å². The van der Waals surface area contributed by atoms with Gasteiger partial charge in [0.2, 0.25) is 5.95 Å². The number of hydrogen-bond acceptors (Lipinski definition) is 8. The van der Waals surface area contributed by atoms with Gasteiger partial charge in [-0.3, -0.25) is 4.98 Å². The van der Waals surface area contributed by atoms with E-state index in [0.29, 0.717) is 17.3 Å². The molecule has 0 atom stereocenters. The van der Waals surface area contributed by atoms with E-state index in [-0.39, 0.29) is 5.97 Å². The Bertz CT molecular complexity index is 961. The van der Waals surface area contributed by atoms with Crippen LogP contribution in [0, 0.1) is 0 Å². The minimum absolute atomic E-state index is 0.368. The third-order valence-corrected chi connectivity index (χ3v) is 4.35. The third-order valence-electron chi connectivity index (χ3n) is 4.35. The molecule has 0 aliphatic heterocycles. The number of ether oxygens (including phenoxy) is 1. The van der Waals surface area contributed by atoms with E-state index in [1.165, 1.54) is 7.11 Å². The zero-order valence-electron chi connectivity index (χ0n) is 17.4. The van der Waals surface area contributed by atoms with Crippen molar-refractivity contribution in [1.82, 2.24) is 19.9 Å². The fourth-order valence-corrected chi connectivity index (χ4v) is 2.81. The molecular weight excluding hydrogens is 380 g/mol. The number of pyridine rings is 1. The molecule has 2 aromatic heterocycles. The molecule has 30 heavy (non-hydrogen) atoms. The normalized spacial score (nSPS) is 10.7. The molecule has 8 heteroatoms. The molecule has 0 aliphatic carbocycles. The Kier molecular flexibility index (Phi) is 7.29. The van der Waals surface area contributed by atoms with Gasteiger partial charge in [-0.1, -0.05) is 0 Å². The van der Waals surface area contributed by atoms with E-state index in [2.05, 4.69) is 30.5 Å². The predicted molar refractivity (Wildman–Crippen MR) is 118 cm³/mol. The lowest BCUT2D eigenvalue weighted by atomic mass is 10.2. The highest BCUT2D eigenvalue weighted by Gasteiger charge is 2.09. The van der Waals surface area contributed by atoms with Crippen LogP contribution >= 0.6 is 0 Å². The van der Waals surface area contributed by atoms with Gasteiger partial charge in [-0.2, -0.15) is 4.98 Å². The second-order valence-corrected chi connectivity index (χ2v) is 6.98.